The van der Waals surface area contributed by atoms with Crippen LogP contribution in [0.5, 0.6) is 0 Å². The fourth-order valence-corrected chi connectivity index (χ4v) is 9.07. The standard InChI is InChI=1S/C65H113NO10/c1-3-5-7-9-11-13-15-29-33-37-41-45-49-53-61(70)74-54-50-46-42-38-34-31-28-26-24-22-20-18-16-17-19-21-23-25-27-30-32-36-40-44-48-52-60(69)66-57(56-75-65-64(73)63(72)62(71)59(55-67)76-65)58(68)51-47-43-39-35-14-12-10-8-6-4-2/h6-9,13-15,17-20,35,47,51,57-59,62-65,67-68,71-73H,3-5,10-12,16,21-34,36-46,48-50,52-56H2,1-2H3,(H,66,69)/b8-6+,9-7-,15-13-,19-17-,20-18-,35-14+,51-47+. The molecule has 1 saturated heterocycles. The Morgan fingerprint density at radius 1 is 0.500 bits per heavy atom. The maximum atomic E-state index is 13.0. The minimum absolute atomic E-state index is 0.0189. The van der Waals surface area contributed by atoms with Gasteiger partial charge in [0.2, 0.25) is 5.91 Å². The summed E-state index contributed by atoms with van der Waals surface area (Å²) >= 11 is 0. The Kier molecular flexibility index (Phi) is 50.2. The maximum absolute atomic E-state index is 13.0. The number of hydrogen-bond donors (Lipinski definition) is 6. The van der Waals surface area contributed by atoms with E-state index >= 15 is 0 Å². The van der Waals surface area contributed by atoms with Crippen molar-refractivity contribution in [3.63, 3.8) is 0 Å². The van der Waals surface area contributed by atoms with Gasteiger partial charge in [0, 0.05) is 12.8 Å². The molecule has 76 heavy (non-hydrogen) atoms. The first-order valence-corrected chi connectivity index (χ1v) is 30.9. The molecular weight excluding hydrogens is 955 g/mol. The fraction of sp³-hybridized carbons (Fsp3) is 0.754. The van der Waals surface area contributed by atoms with Crippen LogP contribution in [0.15, 0.2) is 85.1 Å². The maximum Gasteiger partial charge on any atom is 0.305 e. The number of aliphatic hydroxyl groups excluding tert-OH is 5. The van der Waals surface area contributed by atoms with Gasteiger partial charge in [-0.25, -0.2) is 0 Å². The minimum atomic E-state index is -1.58. The van der Waals surface area contributed by atoms with Crippen LogP contribution in [0.25, 0.3) is 0 Å². The summed E-state index contributed by atoms with van der Waals surface area (Å²) in [4.78, 5) is 25.0. The second-order valence-electron chi connectivity index (χ2n) is 21.0. The van der Waals surface area contributed by atoms with Gasteiger partial charge in [-0.1, -0.05) is 214 Å². The third-order valence-corrected chi connectivity index (χ3v) is 13.9. The number of aliphatic hydroxyl groups is 5. The lowest BCUT2D eigenvalue weighted by Gasteiger charge is -2.40. The zero-order chi connectivity index (χ0) is 55.2. The average Bonchev–Trinajstić information content (AvgIpc) is 3.42. The number of carbonyl (C=O) groups is 2. The molecule has 438 valence electrons. The molecule has 0 aliphatic carbocycles. The molecule has 1 aliphatic rings. The van der Waals surface area contributed by atoms with Crippen molar-refractivity contribution >= 4 is 11.9 Å². The van der Waals surface area contributed by atoms with E-state index in [4.69, 9.17) is 14.2 Å². The molecule has 1 aliphatic heterocycles. The van der Waals surface area contributed by atoms with Crippen LogP contribution in [0.2, 0.25) is 0 Å². The van der Waals surface area contributed by atoms with E-state index in [0.29, 0.717) is 19.4 Å². The van der Waals surface area contributed by atoms with Gasteiger partial charge in [0.25, 0.3) is 0 Å². The fourth-order valence-electron chi connectivity index (χ4n) is 9.07. The van der Waals surface area contributed by atoms with Crippen LogP contribution in [0, 0.1) is 0 Å². The SMILES string of the molecule is CC/C=C/CC/C=C/CC/C=C/C(O)C(COC1OC(CO)C(O)C(O)C1O)NC(=O)CCCCCCCCCCC/C=C\C/C=C\CCCCCCCCCCCOC(=O)CCCCCCC/C=C\C/C=C\CCC. The Morgan fingerprint density at radius 3 is 1.43 bits per heavy atom. The van der Waals surface area contributed by atoms with E-state index in [1.165, 1.54) is 116 Å². The highest BCUT2D eigenvalue weighted by atomic mass is 16.7. The number of hydrogen-bond acceptors (Lipinski definition) is 10. The van der Waals surface area contributed by atoms with Crippen LogP contribution in [-0.4, -0.2) is 100 Å². The van der Waals surface area contributed by atoms with Crippen molar-refractivity contribution in [2.45, 2.75) is 294 Å². The molecule has 1 rings (SSSR count). The predicted molar refractivity (Wildman–Crippen MR) is 315 cm³/mol. The van der Waals surface area contributed by atoms with Crippen molar-refractivity contribution in [2.24, 2.45) is 0 Å². The smallest absolute Gasteiger partial charge is 0.305 e. The Hall–Kier alpha value is -3.16. The van der Waals surface area contributed by atoms with Crippen molar-refractivity contribution in [3.05, 3.63) is 85.1 Å². The highest BCUT2D eigenvalue weighted by Crippen LogP contribution is 2.23. The van der Waals surface area contributed by atoms with Gasteiger partial charge in [-0.15, -0.1) is 0 Å². The van der Waals surface area contributed by atoms with E-state index in [1.807, 2.05) is 6.08 Å². The molecule has 0 spiro atoms. The quantitative estimate of drug-likeness (QED) is 0.0195. The average molecular weight is 1070 g/mol. The molecule has 0 aromatic carbocycles. The number of rotatable bonds is 52. The van der Waals surface area contributed by atoms with E-state index < -0.39 is 49.5 Å². The second-order valence-corrected chi connectivity index (χ2v) is 21.0. The van der Waals surface area contributed by atoms with E-state index in [2.05, 4.69) is 92.1 Å². The third kappa shape index (κ3) is 42.8. The molecular formula is C65H113NO10. The second kappa shape index (κ2) is 53.8. The van der Waals surface area contributed by atoms with Gasteiger partial charge >= 0.3 is 5.97 Å². The van der Waals surface area contributed by atoms with Crippen molar-refractivity contribution in [2.75, 3.05) is 19.8 Å². The van der Waals surface area contributed by atoms with Crippen molar-refractivity contribution in [1.29, 1.82) is 0 Å². The zero-order valence-corrected chi connectivity index (χ0v) is 48.2. The van der Waals surface area contributed by atoms with Crippen LogP contribution in [0.1, 0.15) is 251 Å². The highest BCUT2D eigenvalue weighted by Gasteiger charge is 2.44. The van der Waals surface area contributed by atoms with E-state index in [1.54, 1.807) is 6.08 Å². The first kappa shape index (κ1) is 70.9. The summed E-state index contributed by atoms with van der Waals surface area (Å²) in [5.74, 6) is -0.226. The summed E-state index contributed by atoms with van der Waals surface area (Å²) in [6.45, 7) is 4.11. The molecule has 0 radical (unpaired) electrons. The summed E-state index contributed by atoms with van der Waals surface area (Å²) in [7, 11) is 0. The molecule has 1 amide bonds. The van der Waals surface area contributed by atoms with Crippen LogP contribution in [0.3, 0.4) is 0 Å². The molecule has 11 heteroatoms. The highest BCUT2D eigenvalue weighted by molar-refractivity contribution is 5.76. The van der Waals surface area contributed by atoms with Gasteiger partial charge in [-0.3, -0.25) is 9.59 Å². The molecule has 0 saturated carbocycles. The number of carbonyl (C=O) groups excluding carboxylic acids is 2. The number of allylic oxidation sites excluding steroid dienone is 13. The molecule has 6 N–H and O–H groups in total. The van der Waals surface area contributed by atoms with E-state index in [0.717, 1.165) is 109 Å². The Labute approximate surface area is 463 Å². The number of nitrogens with one attached hydrogen (secondary N) is 1. The molecule has 0 aromatic heterocycles. The van der Waals surface area contributed by atoms with Gasteiger partial charge in [0.1, 0.15) is 24.4 Å². The Morgan fingerprint density at radius 2 is 0.934 bits per heavy atom. The first-order chi connectivity index (χ1) is 37.2. The molecule has 1 fully saturated rings. The lowest BCUT2D eigenvalue weighted by molar-refractivity contribution is -0.302. The molecule has 7 atom stereocenters. The normalized spacial score (nSPS) is 19.3. The Bertz CT molecular complexity index is 1540. The first-order valence-electron chi connectivity index (χ1n) is 30.9. The summed E-state index contributed by atoms with van der Waals surface area (Å²) in [5.41, 5.74) is 0. The molecule has 1 heterocycles. The van der Waals surface area contributed by atoms with E-state index in [9.17, 15) is 35.1 Å². The van der Waals surface area contributed by atoms with Crippen LogP contribution >= 0.6 is 0 Å². The zero-order valence-electron chi connectivity index (χ0n) is 48.2. The van der Waals surface area contributed by atoms with Crippen LogP contribution in [-0.2, 0) is 23.8 Å². The van der Waals surface area contributed by atoms with Crippen molar-refractivity contribution < 1.29 is 49.3 Å². The molecule has 7 unspecified atom stereocenters. The topological polar surface area (TPSA) is 175 Å². The van der Waals surface area contributed by atoms with Gasteiger partial charge in [0.15, 0.2) is 6.29 Å². The molecule has 0 aromatic rings. The Balaban J connectivity index is 2.03. The molecule has 0 bridgehead atoms. The minimum Gasteiger partial charge on any atom is -0.466 e. The summed E-state index contributed by atoms with van der Waals surface area (Å²) < 4.78 is 16.6. The van der Waals surface area contributed by atoms with Gasteiger partial charge < -0.3 is 45.1 Å². The number of esters is 1. The largest absolute Gasteiger partial charge is 0.466 e. The number of ether oxygens (including phenoxy) is 3. The van der Waals surface area contributed by atoms with Gasteiger partial charge in [-0.2, -0.15) is 0 Å². The lowest BCUT2D eigenvalue weighted by atomic mass is 9.99. The van der Waals surface area contributed by atoms with Crippen LogP contribution < -0.4 is 5.32 Å². The summed E-state index contributed by atoms with van der Waals surface area (Å²) in [6, 6.07) is -0.840. The summed E-state index contributed by atoms with van der Waals surface area (Å²) in [6.07, 6.45) is 62.7. The molecule has 11 nitrogen and oxygen atoms in total. The number of amides is 1. The van der Waals surface area contributed by atoms with Crippen molar-refractivity contribution in [1.82, 2.24) is 5.32 Å². The number of unbranched alkanes of at least 4 members (excludes halogenated alkanes) is 26. The predicted octanol–water partition coefficient (Wildman–Crippen LogP) is 14.6. The monoisotopic (exact) mass is 1070 g/mol. The van der Waals surface area contributed by atoms with Crippen LogP contribution in [0.4, 0.5) is 0 Å². The van der Waals surface area contributed by atoms with Gasteiger partial charge in [0.05, 0.1) is 32.0 Å². The van der Waals surface area contributed by atoms with Crippen molar-refractivity contribution in [3.8, 4) is 0 Å². The summed E-state index contributed by atoms with van der Waals surface area (Å²) in [5, 5.41) is 54.2. The lowest BCUT2D eigenvalue weighted by Crippen LogP contribution is -2.60. The van der Waals surface area contributed by atoms with Gasteiger partial charge in [-0.05, 0) is 109 Å². The third-order valence-electron chi connectivity index (χ3n) is 13.9. The van der Waals surface area contributed by atoms with E-state index in [-0.39, 0.29) is 18.5 Å².